The first-order valence-corrected chi connectivity index (χ1v) is 10.8. The van der Waals surface area contributed by atoms with E-state index in [9.17, 15) is 18.0 Å². The number of nitrogen functional groups attached to an aromatic ring is 1. The number of anilines is 1. The van der Waals surface area contributed by atoms with Gasteiger partial charge in [-0.2, -0.15) is 13.2 Å². The Morgan fingerprint density at radius 2 is 2.00 bits per heavy atom. The summed E-state index contributed by atoms with van der Waals surface area (Å²) in [5.74, 6) is 0.384. The third kappa shape index (κ3) is 3.39. The monoisotopic (exact) mass is 468 g/mol. The first-order chi connectivity index (χ1) is 16.3. The van der Waals surface area contributed by atoms with Crippen LogP contribution in [0.1, 0.15) is 40.5 Å². The van der Waals surface area contributed by atoms with Crippen LogP contribution in [0.5, 0.6) is 5.88 Å². The highest BCUT2D eigenvalue weighted by molar-refractivity contribution is 5.98. The summed E-state index contributed by atoms with van der Waals surface area (Å²) >= 11 is 0. The molecule has 1 aliphatic heterocycles. The van der Waals surface area contributed by atoms with Crippen molar-refractivity contribution in [2.24, 2.45) is 5.92 Å². The predicted octanol–water partition coefficient (Wildman–Crippen LogP) is 3.86. The number of hydrogen-bond acceptors (Lipinski definition) is 6. The van der Waals surface area contributed by atoms with Gasteiger partial charge in [0.2, 0.25) is 5.88 Å². The van der Waals surface area contributed by atoms with Crippen molar-refractivity contribution >= 4 is 28.3 Å². The second-order valence-corrected chi connectivity index (χ2v) is 8.67. The first-order valence-electron chi connectivity index (χ1n) is 10.8. The van der Waals surface area contributed by atoms with Crippen molar-refractivity contribution in [3.63, 3.8) is 0 Å². The number of imidazole rings is 1. The van der Waals surface area contributed by atoms with Gasteiger partial charge in [-0.1, -0.05) is 0 Å². The van der Waals surface area contributed by atoms with E-state index in [0.717, 1.165) is 18.9 Å². The molecular formula is C23H19F3N6O2. The lowest BCUT2D eigenvalue weighted by atomic mass is 10.1. The lowest BCUT2D eigenvalue weighted by Gasteiger charge is -2.28. The van der Waals surface area contributed by atoms with E-state index in [1.165, 1.54) is 6.07 Å². The summed E-state index contributed by atoms with van der Waals surface area (Å²) in [6.07, 6.45) is 0.654. The maximum atomic E-state index is 13.7. The van der Waals surface area contributed by atoms with E-state index in [-0.39, 0.29) is 18.4 Å². The quantitative estimate of drug-likeness (QED) is 0.488. The molecule has 4 aromatic rings. The lowest BCUT2D eigenvalue weighted by molar-refractivity contribution is -0.141. The highest BCUT2D eigenvalue weighted by Crippen LogP contribution is 2.41. The van der Waals surface area contributed by atoms with Gasteiger partial charge < -0.3 is 15.4 Å². The second kappa shape index (κ2) is 7.31. The molecule has 3 aromatic heterocycles. The highest BCUT2D eigenvalue weighted by Gasteiger charge is 2.40. The summed E-state index contributed by atoms with van der Waals surface area (Å²) in [5, 5.41) is 0. The number of hydrogen-bond donors (Lipinski definition) is 1. The van der Waals surface area contributed by atoms with Gasteiger partial charge >= 0.3 is 6.18 Å². The van der Waals surface area contributed by atoms with Crippen LogP contribution >= 0.6 is 0 Å². The molecule has 0 radical (unpaired) electrons. The molecule has 4 heterocycles. The van der Waals surface area contributed by atoms with E-state index in [1.807, 2.05) is 0 Å². The summed E-state index contributed by atoms with van der Waals surface area (Å²) in [4.78, 5) is 27.6. The minimum Gasteiger partial charge on any atom is -0.475 e. The van der Waals surface area contributed by atoms with Crippen LogP contribution < -0.4 is 10.5 Å². The van der Waals surface area contributed by atoms with E-state index < -0.39 is 17.9 Å². The maximum Gasteiger partial charge on any atom is 0.433 e. The van der Waals surface area contributed by atoms with Crippen molar-refractivity contribution < 1.29 is 22.7 Å². The fourth-order valence-electron chi connectivity index (χ4n) is 4.39. The first kappa shape index (κ1) is 20.7. The third-order valence-electron chi connectivity index (χ3n) is 6.33. The van der Waals surface area contributed by atoms with Crippen molar-refractivity contribution in [2.45, 2.75) is 25.1 Å². The van der Waals surface area contributed by atoms with Crippen LogP contribution in [0.15, 0.2) is 42.9 Å². The van der Waals surface area contributed by atoms with Gasteiger partial charge in [0.25, 0.3) is 5.91 Å². The van der Waals surface area contributed by atoms with Gasteiger partial charge in [-0.05, 0) is 49.1 Å². The zero-order valence-electron chi connectivity index (χ0n) is 17.8. The smallest absolute Gasteiger partial charge is 0.433 e. The molecule has 1 aliphatic carbocycles. The van der Waals surface area contributed by atoms with Crippen LogP contribution in [-0.2, 0) is 6.18 Å². The largest absolute Gasteiger partial charge is 0.475 e. The molecule has 0 saturated heterocycles. The second-order valence-electron chi connectivity index (χ2n) is 8.67. The summed E-state index contributed by atoms with van der Waals surface area (Å²) in [7, 11) is 0. The molecule has 1 atom stereocenters. The van der Waals surface area contributed by atoms with E-state index in [4.69, 9.17) is 10.5 Å². The number of aromatic nitrogens is 4. The number of amides is 1. The van der Waals surface area contributed by atoms with Gasteiger partial charge in [0.05, 0.1) is 29.6 Å². The molecule has 6 rings (SSSR count). The van der Waals surface area contributed by atoms with Crippen LogP contribution in [0.4, 0.5) is 19.0 Å². The Hall–Kier alpha value is -3.89. The van der Waals surface area contributed by atoms with Crippen LogP contribution in [0, 0.1) is 5.92 Å². The number of nitrogens with zero attached hydrogens (tertiary/aromatic N) is 5. The maximum absolute atomic E-state index is 13.7. The fraction of sp³-hybridized carbons (Fsp3) is 0.304. The zero-order chi connectivity index (χ0) is 23.6. The zero-order valence-corrected chi connectivity index (χ0v) is 17.8. The molecule has 8 nitrogen and oxygen atoms in total. The third-order valence-corrected chi connectivity index (χ3v) is 6.33. The minimum atomic E-state index is -4.57. The number of alkyl halides is 3. The van der Waals surface area contributed by atoms with Crippen LogP contribution in [0.2, 0.25) is 0 Å². The summed E-state index contributed by atoms with van der Waals surface area (Å²) in [6.45, 7) is 0.547. The van der Waals surface area contributed by atoms with Gasteiger partial charge in [0.15, 0.2) is 0 Å². The van der Waals surface area contributed by atoms with Crippen molar-refractivity contribution in [3.8, 4) is 5.88 Å². The molecular weight excluding hydrogens is 449 g/mol. The molecule has 1 aromatic carbocycles. The SMILES string of the molecule is Nc1nc2ccc(C(=O)N(CC3CC3)C3COc4nc(C(F)(F)F)ccc43)cc2n2cncc12. The molecule has 1 unspecified atom stereocenters. The van der Waals surface area contributed by atoms with E-state index in [1.54, 1.807) is 40.0 Å². The highest BCUT2D eigenvalue weighted by atomic mass is 19.4. The molecule has 1 amide bonds. The normalized spacial score (nSPS) is 17.7. The summed E-state index contributed by atoms with van der Waals surface area (Å²) in [6, 6.07) is 6.91. The number of halogens is 3. The standard InChI is InChI=1S/C23H19F3N6O2/c24-23(25,26)19-6-4-14-18(10-34-21(14)30-19)31(9-12-1-2-12)22(33)13-3-5-15-16(7-13)32-11-28-8-17(32)20(27)29-15/h3-8,11-12,18H,1-2,9-10H2,(H2,27,29). The van der Waals surface area contributed by atoms with Crippen molar-refractivity contribution in [1.29, 1.82) is 0 Å². The number of carbonyl (C=O) groups is 1. The van der Waals surface area contributed by atoms with Crippen LogP contribution in [-0.4, -0.2) is 43.3 Å². The minimum absolute atomic E-state index is 0.0551. The van der Waals surface area contributed by atoms with Gasteiger partial charge in [-0.15, -0.1) is 0 Å². The number of benzene rings is 1. The Morgan fingerprint density at radius 1 is 1.18 bits per heavy atom. The number of ether oxygens (including phenoxy) is 1. The molecule has 11 heteroatoms. The average molecular weight is 468 g/mol. The van der Waals surface area contributed by atoms with Gasteiger partial charge in [-0.3, -0.25) is 9.20 Å². The Labute approximate surface area is 191 Å². The Kier molecular flexibility index (Phi) is 4.45. The molecule has 34 heavy (non-hydrogen) atoms. The number of fused-ring (bicyclic) bond motifs is 4. The van der Waals surface area contributed by atoms with Gasteiger partial charge in [-0.25, -0.2) is 15.0 Å². The Morgan fingerprint density at radius 3 is 2.76 bits per heavy atom. The fourth-order valence-corrected chi connectivity index (χ4v) is 4.39. The average Bonchev–Trinajstić information content (AvgIpc) is 3.31. The van der Waals surface area contributed by atoms with Gasteiger partial charge in [0.1, 0.15) is 23.6 Å². The van der Waals surface area contributed by atoms with Crippen LogP contribution in [0.25, 0.3) is 16.6 Å². The van der Waals surface area contributed by atoms with E-state index in [2.05, 4.69) is 15.0 Å². The molecule has 1 fully saturated rings. The van der Waals surface area contributed by atoms with E-state index in [0.29, 0.717) is 46.0 Å². The van der Waals surface area contributed by atoms with Crippen molar-refractivity contribution in [3.05, 3.63) is 59.7 Å². The van der Waals surface area contributed by atoms with Crippen molar-refractivity contribution in [2.75, 3.05) is 18.9 Å². The number of rotatable bonds is 4. The molecule has 2 N–H and O–H groups in total. The Bertz CT molecular complexity index is 1450. The number of pyridine rings is 1. The molecule has 0 bridgehead atoms. The van der Waals surface area contributed by atoms with Crippen molar-refractivity contribution in [1.82, 2.24) is 24.3 Å². The van der Waals surface area contributed by atoms with Crippen LogP contribution in [0.3, 0.4) is 0 Å². The predicted molar refractivity (Wildman–Crippen MR) is 116 cm³/mol. The van der Waals surface area contributed by atoms with Gasteiger partial charge in [0, 0.05) is 17.7 Å². The van der Waals surface area contributed by atoms with E-state index >= 15 is 0 Å². The number of carbonyl (C=O) groups excluding carboxylic acids is 1. The topological polar surface area (TPSA) is 98.6 Å². The molecule has 1 saturated carbocycles. The lowest BCUT2D eigenvalue weighted by Crippen LogP contribution is -2.37. The molecule has 174 valence electrons. The Balaban J connectivity index is 1.39. The summed E-state index contributed by atoms with van der Waals surface area (Å²) in [5.41, 5.74) is 7.83. The summed E-state index contributed by atoms with van der Waals surface area (Å²) < 4.78 is 46.5. The number of nitrogens with two attached hydrogens (primary N) is 1. The molecule has 2 aliphatic rings. The molecule has 0 spiro atoms.